The molecule has 1 unspecified atom stereocenters. The Bertz CT molecular complexity index is 377. The first-order chi connectivity index (χ1) is 7.97. The van der Waals surface area contributed by atoms with E-state index in [0.29, 0.717) is 17.5 Å². The molecule has 1 N–H and O–H groups in total. The molecule has 1 aromatic heterocycles. The van der Waals surface area contributed by atoms with Crippen LogP contribution in [0.5, 0.6) is 0 Å². The van der Waals surface area contributed by atoms with Crippen LogP contribution in [0.1, 0.15) is 16.3 Å². The van der Waals surface area contributed by atoms with Crippen LogP contribution in [0.2, 0.25) is 0 Å². The molecule has 104 valence electrons. The molecule has 0 spiro atoms. The summed E-state index contributed by atoms with van der Waals surface area (Å²) >= 11 is 0.729. The van der Waals surface area contributed by atoms with Gasteiger partial charge < -0.3 is 5.32 Å². The third-order valence-electron chi connectivity index (χ3n) is 2.86. The Kier molecular flexibility index (Phi) is 5.39. The zero-order chi connectivity index (χ0) is 12.5. The maximum atomic E-state index is 12.4. The van der Waals surface area contributed by atoms with Crippen LogP contribution in [-0.2, 0) is 12.7 Å². The average Bonchev–Trinajstić information content (AvgIpc) is 2.85. The predicted molar refractivity (Wildman–Crippen MR) is 67.1 cm³/mol. The van der Waals surface area contributed by atoms with Gasteiger partial charge in [-0.05, 0) is 20.0 Å². The van der Waals surface area contributed by atoms with Gasteiger partial charge in [0.2, 0.25) is 0 Å². The summed E-state index contributed by atoms with van der Waals surface area (Å²) in [6.45, 7) is 2.41. The van der Waals surface area contributed by atoms with Crippen molar-refractivity contribution in [1.29, 1.82) is 0 Å². The van der Waals surface area contributed by atoms with Crippen molar-refractivity contribution < 1.29 is 13.2 Å². The lowest BCUT2D eigenvalue weighted by Gasteiger charge is -2.22. The Balaban J connectivity index is 0.00000162. The molecule has 0 aliphatic carbocycles. The highest BCUT2D eigenvalue weighted by Gasteiger charge is 2.34. The molecule has 0 radical (unpaired) electrons. The molecule has 1 saturated heterocycles. The zero-order valence-electron chi connectivity index (χ0n) is 9.83. The highest BCUT2D eigenvalue weighted by Crippen LogP contribution is 2.32. The molecule has 2 heterocycles. The SMILES string of the molecule is CN(Cc1cnc(C(F)(F)F)s1)C1CCNC1.Cl. The first kappa shape index (κ1) is 15.7. The third kappa shape index (κ3) is 3.81. The van der Waals surface area contributed by atoms with E-state index in [9.17, 15) is 13.2 Å². The number of thiazole rings is 1. The van der Waals surface area contributed by atoms with Crippen LogP contribution in [0.15, 0.2) is 6.20 Å². The molecule has 0 bridgehead atoms. The number of hydrogen-bond donors (Lipinski definition) is 1. The molecule has 1 aromatic rings. The average molecular weight is 302 g/mol. The third-order valence-corrected chi connectivity index (χ3v) is 3.89. The van der Waals surface area contributed by atoms with Gasteiger partial charge in [-0.1, -0.05) is 0 Å². The van der Waals surface area contributed by atoms with E-state index >= 15 is 0 Å². The number of likely N-dealkylation sites (N-methyl/N-ethyl adjacent to an activating group) is 1. The van der Waals surface area contributed by atoms with Gasteiger partial charge in [0.05, 0.1) is 0 Å². The molecule has 0 saturated carbocycles. The van der Waals surface area contributed by atoms with Crippen molar-refractivity contribution in [1.82, 2.24) is 15.2 Å². The van der Waals surface area contributed by atoms with Crippen molar-refractivity contribution >= 4 is 23.7 Å². The fraction of sp³-hybridized carbons (Fsp3) is 0.700. The molecule has 0 amide bonds. The highest BCUT2D eigenvalue weighted by molar-refractivity contribution is 7.11. The Hall–Kier alpha value is -0.370. The van der Waals surface area contributed by atoms with Crippen molar-refractivity contribution in [2.45, 2.75) is 25.2 Å². The fourth-order valence-corrected chi connectivity index (χ4v) is 2.75. The minimum Gasteiger partial charge on any atom is -0.315 e. The van der Waals surface area contributed by atoms with E-state index in [2.05, 4.69) is 15.2 Å². The van der Waals surface area contributed by atoms with Gasteiger partial charge in [0, 0.05) is 30.2 Å². The van der Waals surface area contributed by atoms with E-state index in [-0.39, 0.29) is 12.4 Å². The first-order valence-corrected chi connectivity index (χ1v) is 6.21. The second kappa shape index (κ2) is 6.18. The normalized spacial score (nSPS) is 20.2. The van der Waals surface area contributed by atoms with Gasteiger partial charge in [0.25, 0.3) is 0 Å². The van der Waals surface area contributed by atoms with Crippen LogP contribution in [0.4, 0.5) is 13.2 Å². The Labute approximate surface area is 114 Å². The smallest absolute Gasteiger partial charge is 0.315 e. The van der Waals surface area contributed by atoms with Gasteiger partial charge in [-0.15, -0.1) is 23.7 Å². The molecule has 2 rings (SSSR count). The lowest BCUT2D eigenvalue weighted by atomic mass is 10.2. The second-order valence-corrected chi connectivity index (χ2v) is 5.31. The minimum absolute atomic E-state index is 0. The Morgan fingerprint density at radius 2 is 2.28 bits per heavy atom. The first-order valence-electron chi connectivity index (χ1n) is 5.39. The molecule has 0 aromatic carbocycles. The minimum atomic E-state index is -4.32. The molecular formula is C10H15ClF3N3S. The number of hydrogen-bond acceptors (Lipinski definition) is 4. The zero-order valence-corrected chi connectivity index (χ0v) is 11.5. The van der Waals surface area contributed by atoms with Crippen LogP contribution in [-0.4, -0.2) is 36.1 Å². The lowest BCUT2D eigenvalue weighted by molar-refractivity contribution is -0.137. The standard InChI is InChI=1S/C10H14F3N3S.ClH/c1-16(7-2-3-14-4-7)6-8-5-15-9(17-8)10(11,12)13;/h5,7,14H,2-4,6H2,1H3;1H. The summed E-state index contributed by atoms with van der Waals surface area (Å²) in [5.74, 6) is 0. The monoisotopic (exact) mass is 301 g/mol. The van der Waals surface area contributed by atoms with Crippen LogP contribution in [0, 0.1) is 0 Å². The van der Waals surface area contributed by atoms with Crippen molar-refractivity contribution in [3.8, 4) is 0 Å². The summed E-state index contributed by atoms with van der Waals surface area (Å²) in [6.07, 6.45) is -1.95. The topological polar surface area (TPSA) is 28.2 Å². The van der Waals surface area contributed by atoms with Gasteiger partial charge in [-0.2, -0.15) is 13.2 Å². The summed E-state index contributed by atoms with van der Waals surface area (Å²) in [5, 5.41) is 2.48. The number of alkyl halides is 3. The molecule has 1 aliphatic heterocycles. The van der Waals surface area contributed by atoms with Crippen LogP contribution in [0.3, 0.4) is 0 Å². The summed E-state index contributed by atoms with van der Waals surface area (Å²) < 4.78 is 37.1. The number of nitrogens with one attached hydrogen (secondary N) is 1. The van der Waals surface area contributed by atoms with Crippen LogP contribution >= 0.6 is 23.7 Å². The maximum Gasteiger partial charge on any atom is 0.443 e. The molecular weight excluding hydrogens is 287 g/mol. The summed E-state index contributed by atoms with van der Waals surface area (Å²) in [7, 11) is 1.94. The van der Waals surface area contributed by atoms with Gasteiger partial charge >= 0.3 is 6.18 Å². The van der Waals surface area contributed by atoms with Crippen molar-refractivity contribution in [3.63, 3.8) is 0 Å². The van der Waals surface area contributed by atoms with Crippen molar-refractivity contribution in [3.05, 3.63) is 16.1 Å². The van der Waals surface area contributed by atoms with Gasteiger partial charge in [-0.25, -0.2) is 4.98 Å². The molecule has 1 aliphatic rings. The maximum absolute atomic E-state index is 12.4. The van der Waals surface area contributed by atoms with E-state index in [1.807, 2.05) is 7.05 Å². The highest BCUT2D eigenvalue weighted by atomic mass is 35.5. The fourth-order valence-electron chi connectivity index (χ4n) is 1.90. The van der Waals surface area contributed by atoms with Gasteiger partial charge in [0.1, 0.15) is 0 Å². The predicted octanol–water partition coefficient (Wildman–Crippen LogP) is 2.38. The quantitative estimate of drug-likeness (QED) is 0.929. The van der Waals surface area contributed by atoms with Gasteiger partial charge in [-0.3, -0.25) is 4.90 Å². The second-order valence-electron chi connectivity index (χ2n) is 4.19. The number of aromatic nitrogens is 1. The van der Waals surface area contributed by atoms with E-state index in [4.69, 9.17) is 0 Å². The summed E-state index contributed by atoms with van der Waals surface area (Å²) in [6, 6.07) is 0.409. The molecule has 3 nitrogen and oxygen atoms in total. The molecule has 1 atom stereocenters. The lowest BCUT2D eigenvalue weighted by Crippen LogP contribution is -2.32. The van der Waals surface area contributed by atoms with E-state index in [0.717, 1.165) is 30.8 Å². The number of rotatable bonds is 3. The molecule has 18 heavy (non-hydrogen) atoms. The number of halogens is 4. The van der Waals surface area contributed by atoms with Crippen LogP contribution < -0.4 is 5.32 Å². The van der Waals surface area contributed by atoms with Gasteiger partial charge in [0.15, 0.2) is 5.01 Å². The Morgan fingerprint density at radius 1 is 1.56 bits per heavy atom. The molecule has 1 fully saturated rings. The van der Waals surface area contributed by atoms with E-state index < -0.39 is 11.2 Å². The largest absolute Gasteiger partial charge is 0.443 e. The summed E-state index contributed by atoms with van der Waals surface area (Å²) in [4.78, 5) is 6.15. The Morgan fingerprint density at radius 3 is 2.78 bits per heavy atom. The van der Waals surface area contributed by atoms with Crippen LogP contribution in [0.25, 0.3) is 0 Å². The van der Waals surface area contributed by atoms with E-state index in [1.165, 1.54) is 6.20 Å². The number of nitrogens with zero attached hydrogens (tertiary/aromatic N) is 2. The van der Waals surface area contributed by atoms with Crippen molar-refractivity contribution in [2.24, 2.45) is 0 Å². The summed E-state index contributed by atoms with van der Waals surface area (Å²) in [5.41, 5.74) is 0. The molecule has 8 heteroatoms. The van der Waals surface area contributed by atoms with E-state index in [1.54, 1.807) is 0 Å². The van der Waals surface area contributed by atoms with Crippen molar-refractivity contribution in [2.75, 3.05) is 20.1 Å².